The zero-order valence-electron chi connectivity index (χ0n) is 14.3. The first-order valence-electron chi connectivity index (χ1n) is 8.10. The lowest BCUT2D eigenvalue weighted by molar-refractivity contribution is 0.601. The molecule has 0 aliphatic heterocycles. The van der Waals surface area contributed by atoms with Gasteiger partial charge in [0.2, 0.25) is 0 Å². The quantitative estimate of drug-likeness (QED) is 0.820. The molecule has 0 aliphatic carbocycles. The van der Waals surface area contributed by atoms with Crippen molar-refractivity contribution >= 4 is 15.7 Å². The average molecular weight is 331 g/mol. The smallest absolute Gasteiger partial charge is 0.261 e. The minimum Gasteiger partial charge on any atom is -0.279 e. The molecule has 1 unspecified atom stereocenters. The maximum Gasteiger partial charge on any atom is 0.261 e. The number of rotatable bonds is 6. The fraction of sp³-hybridized carbons (Fsp3) is 0.368. The molecular formula is C19H25NO2S. The molecule has 0 spiro atoms. The molecular weight excluding hydrogens is 306 g/mol. The van der Waals surface area contributed by atoms with Crippen molar-refractivity contribution in [1.82, 2.24) is 0 Å². The van der Waals surface area contributed by atoms with Gasteiger partial charge in [0.05, 0.1) is 10.6 Å². The Bertz CT molecular complexity index is 764. The molecule has 0 fully saturated rings. The van der Waals surface area contributed by atoms with Crippen LogP contribution >= 0.6 is 0 Å². The van der Waals surface area contributed by atoms with Crippen LogP contribution in [0.1, 0.15) is 49.8 Å². The summed E-state index contributed by atoms with van der Waals surface area (Å²) in [5.41, 5.74) is 3.80. The first-order valence-corrected chi connectivity index (χ1v) is 9.58. The molecule has 2 rings (SSSR count). The van der Waals surface area contributed by atoms with E-state index in [-0.39, 0.29) is 0 Å². The topological polar surface area (TPSA) is 46.2 Å². The summed E-state index contributed by atoms with van der Waals surface area (Å²) in [5.74, 6) is 0.433. The lowest BCUT2D eigenvalue weighted by Crippen LogP contribution is -2.15. The van der Waals surface area contributed by atoms with Gasteiger partial charge in [-0.3, -0.25) is 4.72 Å². The fourth-order valence-corrected chi connectivity index (χ4v) is 3.75. The highest BCUT2D eigenvalue weighted by Crippen LogP contribution is 2.26. The van der Waals surface area contributed by atoms with E-state index in [1.54, 1.807) is 12.1 Å². The second kappa shape index (κ2) is 7.18. The Morgan fingerprint density at radius 1 is 1.04 bits per heavy atom. The largest absolute Gasteiger partial charge is 0.279 e. The molecule has 0 radical (unpaired) electrons. The monoisotopic (exact) mass is 331 g/mol. The molecule has 0 amide bonds. The summed E-state index contributed by atoms with van der Waals surface area (Å²) < 4.78 is 28.1. The van der Waals surface area contributed by atoms with Crippen LogP contribution in [0, 0.1) is 6.92 Å². The van der Waals surface area contributed by atoms with Crippen LogP contribution in [0.15, 0.2) is 47.4 Å². The normalized spacial score (nSPS) is 12.9. The number of sulfonamides is 1. The predicted octanol–water partition coefficient (Wildman–Crippen LogP) is 4.87. The van der Waals surface area contributed by atoms with Crippen LogP contribution in [-0.4, -0.2) is 8.42 Å². The van der Waals surface area contributed by atoms with E-state index >= 15 is 0 Å². The maximum absolute atomic E-state index is 12.7. The number of para-hydroxylation sites is 1. The molecule has 3 nitrogen and oxygen atoms in total. The van der Waals surface area contributed by atoms with Crippen molar-refractivity contribution in [1.29, 1.82) is 0 Å². The number of hydrogen-bond acceptors (Lipinski definition) is 2. The predicted molar refractivity (Wildman–Crippen MR) is 96.5 cm³/mol. The fourth-order valence-electron chi connectivity index (χ4n) is 2.57. The number of anilines is 1. The molecule has 0 aliphatic rings. The van der Waals surface area contributed by atoms with Crippen LogP contribution < -0.4 is 4.72 Å². The van der Waals surface area contributed by atoms with E-state index in [0.717, 1.165) is 29.5 Å². The van der Waals surface area contributed by atoms with Gasteiger partial charge in [-0.05, 0) is 54.5 Å². The number of aryl methyl sites for hydroxylation is 2. The van der Waals surface area contributed by atoms with Gasteiger partial charge < -0.3 is 0 Å². The zero-order valence-corrected chi connectivity index (χ0v) is 15.1. The van der Waals surface area contributed by atoms with Crippen LogP contribution in [0.25, 0.3) is 0 Å². The average Bonchev–Trinajstić information content (AvgIpc) is 2.56. The highest BCUT2D eigenvalue weighted by Gasteiger charge is 2.17. The summed E-state index contributed by atoms with van der Waals surface area (Å²) in [6, 6.07) is 13.0. The van der Waals surface area contributed by atoms with E-state index in [4.69, 9.17) is 0 Å². The van der Waals surface area contributed by atoms with Crippen LogP contribution in [0.3, 0.4) is 0 Å². The highest BCUT2D eigenvalue weighted by atomic mass is 32.2. The van der Waals surface area contributed by atoms with E-state index in [9.17, 15) is 8.42 Å². The number of hydrogen-bond donors (Lipinski definition) is 1. The van der Waals surface area contributed by atoms with Crippen LogP contribution in [0.2, 0.25) is 0 Å². The first kappa shape index (κ1) is 17.5. The van der Waals surface area contributed by atoms with Crippen LogP contribution in [0.4, 0.5) is 5.69 Å². The second-order valence-corrected chi connectivity index (χ2v) is 7.63. The maximum atomic E-state index is 12.7. The van der Waals surface area contributed by atoms with E-state index in [1.807, 2.05) is 44.2 Å². The van der Waals surface area contributed by atoms with Gasteiger partial charge in [0.25, 0.3) is 10.0 Å². The van der Waals surface area contributed by atoms with Crippen molar-refractivity contribution in [3.8, 4) is 0 Å². The van der Waals surface area contributed by atoms with E-state index in [0.29, 0.717) is 16.5 Å². The third-order valence-electron chi connectivity index (χ3n) is 4.35. The molecule has 2 aromatic carbocycles. The van der Waals surface area contributed by atoms with Gasteiger partial charge in [0.15, 0.2) is 0 Å². The second-order valence-electron chi connectivity index (χ2n) is 5.95. The molecule has 124 valence electrons. The van der Waals surface area contributed by atoms with Gasteiger partial charge in [-0.1, -0.05) is 51.1 Å². The Labute approximate surface area is 139 Å². The molecule has 0 heterocycles. The molecule has 4 heteroatoms. The molecule has 0 bridgehead atoms. The molecule has 1 atom stereocenters. The zero-order chi connectivity index (χ0) is 17.0. The van der Waals surface area contributed by atoms with Crippen molar-refractivity contribution in [3.63, 3.8) is 0 Å². The molecule has 0 saturated carbocycles. The third-order valence-corrected chi connectivity index (χ3v) is 5.71. The lowest BCUT2D eigenvalue weighted by Gasteiger charge is -2.15. The third kappa shape index (κ3) is 3.94. The van der Waals surface area contributed by atoms with E-state index in [1.165, 1.54) is 0 Å². The van der Waals surface area contributed by atoms with Crippen LogP contribution in [0.5, 0.6) is 0 Å². The van der Waals surface area contributed by atoms with Gasteiger partial charge in [0, 0.05) is 0 Å². The Balaban J connectivity index is 2.33. The van der Waals surface area contributed by atoms with Gasteiger partial charge in [-0.15, -0.1) is 0 Å². The molecule has 1 N–H and O–H groups in total. The number of benzene rings is 2. The van der Waals surface area contributed by atoms with Crippen molar-refractivity contribution in [2.75, 3.05) is 4.72 Å². The minimum atomic E-state index is -3.57. The molecule has 2 aromatic rings. The molecule has 0 saturated heterocycles. The first-order chi connectivity index (χ1) is 10.9. The summed E-state index contributed by atoms with van der Waals surface area (Å²) >= 11 is 0. The SMILES string of the molecule is CCc1cccc(C)c1NS(=O)(=O)c1ccc(C(C)CC)cc1. The number of nitrogens with one attached hydrogen (secondary N) is 1. The van der Waals surface area contributed by atoms with Gasteiger partial charge in [0.1, 0.15) is 0 Å². The van der Waals surface area contributed by atoms with Crippen LogP contribution in [-0.2, 0) is 16.4 Å². The van der Waals surface area contributed by atoms with Gasteiger partial charge in [-0.2, -0.15) is 0 Å². The van der Waals surface area contributed by atoms with E-state index in [2.05, 4.69) is 18.6 Å². The Hall–Kier alpha value is -1.81. The van der Waals surface area contributed by atoms with Crippen molar-refractivity contribution in [2.45, 2.75) is 51.3 Å². The summed E-state index contributed by atoms with van der Waals surface area (Å²) in [7, 11) is -3.57. The Morgan fingerprint density at radius 2 is 1.70 bits per heavy atom. The summed E-state index contributed by atoms with van der Waals surface area (Å²) in [6.07, 6.45) is 1.82. The summed E-state index contributed by atoms with van der Waals surface area (Å²) in [4.78, 5) is 0.301. The lowest BCUT2D eigenvalue weighted by atomic mass is 9.99. The van der Waals surface area contributed by atoms with Crippen molar-refractivity contribution < 1.29 is 8.42 Å². The highest BCUT2D eigenvalue weighted by molar-refractivity contribution is 7.92. The molecule has 23 heavy (non-hydrogen) atoms. The van der Waals surface area contributed by atoms with Gasteiger partial charge >= 0.3 is 0 Å². The molecule has 0 aromatic heterocycles. The van der Waals surface area contributed by atoms with Crippen molar-refractivity contribution in [3.05, 3.63) is 59.2 Å². The summed E-state index contributed by atoms with van der Waals surface area (Å²) in [6.45, 7) is 8.21. The van der Waals surface area contributed by atoms with E-state index < -0.39 is 10.0 Å². The standard InChI is InChI=1S/C19H25NO2S/c1-5-14(3)17-10-12-18(13-11-17)23(21,22)20-19-15(4)8-7-9-16(19)6-2/h7-14,20H,5-6H2,1-4H3. The van der Waals surface area contributed by atoms with Gasteiger partial charge in [-0.25, -0.2) is 8.42 Å². The Kier molecular flexibility index (Phi) is 5.47. The Morgan fingerprint density at radius 3 is 2.26 bits per heavy atom. The summed E-state index contributed by atoms with van der Waals surface area (Å²) in [5, 5.41) is 0. The minimum absolute atomic E-state index is 0.301. The van der Waals surface area contributed by atoms with Crippen molar-refractivity contribution in [2.24, 2.45) is 0 Å².